The second-order valence-corrected chi connectivity index (χ2v) is 9.28. The van der Waals surface area contributed by atoms with Crippen LogP contribution in [0.2, 0.25) is 0 Å². The first-order valence-electron chi connectivity index (χ1n) is 13.8. The fourth-order valence-corrected chi connectivity index (χ4v) is 4.89. The number of fused-ring (bicyclic) bond motifs is 2. The third kappa shape index (κ3) is 5.43. The number of hydrogen-bond acceptors (Lipinski definition) is 2. The van der Waals surface area contributed by atoms with Crippen LogP contribution in [0.3, 0.4) is 0 Å². The molecule has 0 atom stereocenters. The summed E-state index contributed by atoms with van der Waals surface area (Å²) in [5, 5.41) is 0. The largest absolute Gasteiger partial charge is 0.297 e. The second kappa shape index (κ2) is 12.3. The molecule has 7 rings (SSSR count). The molecule has 198 valence electrons. The summed E-state index contributed by atoms with van der Waals surface area (Å²) in [6.45, 7) is 8.14. The molecule has 0 radical (unpaired) electrons. The molecule has 0 saturated carbocycles. The smallest absolute Gasteiger partial charge is 0.145 e. The van der Waals surface area contributed by atoms with Crippen LogP contribution in [0.5, 0.6) is 0 Å². The molecule has 4 heteroatoms. The highest BCUT2D eigenvalue weighted by Gasteiger charge is 2.13. The molecular weight excluding hydrogens is 488 g/mol. The van der Waals surface area contributed by atoms with Gasteiger partial charge in [-0.25, -0.2) is 9.97 Å². The lowest BCUT2D eigenvalue weighted by Gasteiger charge is -2.09. The van der Waals surface area contributed by atoms with Crippen LogP contribution in [0.15, 0.2) is 133 Å². The van der Waals surface area contributed by atoms with Gasteiger partial charge < -0.3 is 0 Å². The highest BCUT2D eigenvalue weighted by molar-refractivity contribution is 5.83. The summed E-state index contributed by atoms with van der Waals surface area (Å²) < 4.78 is 4.40. The first-order valence-corrected chi connectivity index (χ1v) is 13.8. The molecule has 0 spiro atoms. The van der Waals surface area contributed by atoms with Gasteiger partial charge in [0.15, 0.2) is 0 Å². The Hall–Kier alpha value is -4.96. The Morgan fingerprint density at radius 3 is 1.57 bits per heavy atom. The molecule has 7 aromatic rings. The zero-order valence-electron chi connectivity index (χ0n) is 23.5. The lowest BCUT2D eigenvalue weighted by atomic mass is 10.1. The van der Waals surface area contributed by atoms with Crippen LogP contribution in [0, 0.1) is 13.8 Å². The van der Waals surface area contributed by atoms with Crippen LogP contribution < -0.4 is 0 Å². The van der Waals surface area contributed by atoms with Crippen molar-refractivity contribution < 1.29 is 0 Å². The number of benzene rings is 5. The van der Waals surface area contributed by atoms with Crippen molar-refractivity contribution in [1.82, 2.24) is 19.1 Å². The summed E-state index contributed by atoms with van der Waals surface area (Å²) in [7, 11) is 0. The molecule has 0 bridgehead atoms. The van der Waals surface area contributed by atoms with E-state index in [2.05, 4.69) is 106 Å². The molecule has 0 amide bonds. The molecule has 2 aromatic heterocycles. The summed E-state index contributed by atoms with van der Waals surface area (Å²) >= 11 is 0. The predicted octanol–water partition coefficient (Wildman–Crippen LogP) is 9.36. The maximum Gasteiger partial charge on any atom is 0.145 e. The van der Waals surface area contributed by atoms with E-state index in [9.17, 15) is 0 Å². The van der Waals surface area contributed by atoms with Crippen LogP contribution in [0.1, 0.15) is 25.2 Å². The Morgan fingerprint density at radius 1 is 0.475 bits per heavy atom. The van der Waals surface area contributed by atoms with E-state index < -0.39 is 0 Å². The van der Waals surface area contributed by atoms with Crippen molar-refractivity contribution in [3.05, 3.63) is 145 Å². The van der Waals surface area contributed by atoms with Crippen LogP contribution in [0.4, 0.5) is 0 Å². The first kappa shape index (κ1) is 26.6. The van der Waals surface area contributed by atoms with E-state index in [-0.39, 0.29) is 0 Å². The number of aryl methyl sites for hydroxylation is 2. The fraction of sp³-hybridized carbons (Fsp3) is 0.111. The first-order chi connectivity index (χ1) is 19.7. The highest BCUT2D eigenvalue weighted by Crippen LogP contribution is 2.29. The topological polar surface area (TPSA) is 35.6 Å². The Labute approximate surface area is 236 Å². The molecule has 0 saturated heterocycles. The minimum absolute atomic E-state index is 0.983. The second-order valence-electron chi connectivity index (χ2n) is 9.28. The summed E-state index contributed by atoms with van der Waals surface area (Å²) in [4.78, 5) is 9.42. The van der Waals surface area contributed by atoms with E-state index in [0.717, 1.165) is 50.7 Å². The van der Waals surface area contributed by atoms with Gasteiger partial charge in [-0.3, -0.25) is 9.13 Å². The van der Waals surface area contributed by atoms with Gasteiger partial charge in [-0.15, -0.1) is 0 Å². The zero-order valence-corrected chi connectivity index (χ0v) is 23.5. The highest BCUT2D eigenvalue weighted by atomic mass is 15.1. The molecule has 0 unspecified atom stereocenters. The van der Waals surface area contributed by atoms with Gasteiger partial charge in [0.05, 0.1) is 22.1 Å². The van der Waals surface area contributed by atoms with E-state index in [1.165, 1.54) is 5.56 Å². The van der Waals surface area contributed by atoms with Crippen LogP contribution in [-0.2, 0) is 0 Å². The number of aromatic nitrogens is 4. The Kier molecular flexibility index (Phi) is 8.17. The monoisotopic (exact) mass is 522 g/mol. The Balaban J connectivity index is 0.000000159. The third-order valence-electron chi connectivity index (χ3n) is 6.59. The van der Waals surface area contributed by atoms with E-state index in [4.69, 9.17) is 4.98 Å². The van der Waals surface area contributed by atoms with E-state index in [1.807, 2.05) is 69.3 Å². The van der Waals surface area contributed by atoms with Gasteiger partial charge in [-0.2, -0.15) is 0 Å². The van der Waals surface area contributed by atoms with E-state index in [0.29, 0.717) is 0 Å². The van der Waals surface area contributed by atoms with Gasteiger partial charge in [0.2, 0.25) is 0 Å². The minimum Gasteiger partial charge on any atom is -0.297 e. The van der Waals surface area contributed by atoms with E-state index >= 15 is 0 Å². The molecule has 0 N–H and O–H groups in total. The molecule has 2 heterocycles. The average molecular weight is 523 g/mol. The molecule has 5 aromatic carbocycles. The normalized spacial score (nSPS) is 10.5. The van der Waals surface area contributed by atoms with Gasteiger partial charge in [0.1, 0.15) is 11.6 Å². The number of imidazole rings is 2. The quantitative estimate of drug-likeness (QED) is 0.232. The fourth-order valence-electron chi connectivity index (χ4n) is 4.89. The van der Waals surface area contributed by atoms with Gasteiger partial charge in [0, 0.05) is 16.9 Å². The van der Waals surface area contributed by atoms with Gasteiger partial charge in [-0.05, 0) is 68.4 Å². The number of rotatable bonds is 3. The minimum atomic E-state index is 0.983. The third-order valence-corrected chi connectivity index (χ3v) is 6.59. The van der Waals surface area contributed by atoms with Crippen LogP contribution in [0.25, 0.3) is 44.8 Å². The van der Waals surface area contributed by atoms with Crippen molar-refractivity contribution in [2.75, 3.05) is 0 Å². The van der Waals surface area contributed by atoms with Crippen LogP contribution >= 0.6 is 0 Å². The van der Waals surface area contributed by atoms with Crippen LogP contribution in [-0.4, -0.2) is 19.1 Å². The van der Waals surface area contributed by atoms with Gasteiger partial charge in [0.25, 0.3) is 0 Å². The van der Waals surface area contributed by atoms with Gasteiger partial charge >= 0.3 is 0 Å². The van der Waals surface area contributed by atoms with E-state index in [1.54, 1.807) is 0 Å². The molecule has 40 heavy (non-hydrogen) atoms. The number of hydrogen-bond donors (Lipinski definition) is 0. The number of para-hydroxylation sites is 6. The summed E-state index contributed by atoms with van der Waals surface area (Å²) in [5.74, 6) is 2.00. The summed E-state index contributed by atoms with van der Waals surface area (Å²) in [5.41, 5.74) is 9.02. The maximum atomic E-state index is 4.86. The van der Waals surface area contributed by atoms with Crippen molar-refractivity contribution in [2.24, 2.45) is 0 Å². The Bertz CT molecular complexity index is 1830. The standard InChI is InChI=1S/C20H16N2.C14H12N2.C2H6/c1-15-8-7-9-16(14-15)20-21-18-12-5-6-13-19(18)22(20)17-10-3-2-4-11-17;1-11-15-13-9-5-6-10-14(13)16(11)12-7-3-2-4-8-12;1-2/h2-14H,1H3;2-10H,1H3;1-2H3. The maximum absolute atomic E-state index is 4.86. The predicted molar refractivity (Wildman–Crippen MR) is 168 cm³/mol. The number of nitrogens with zero attached hydrogens (tertiary/aromatic N) is 4. The molecule has 0 fully saturated rings. The Morgan fingerprint density at radius 2 is 0.975 bits per heavy atom. The van der Waals surface area contributed by atoms with Crippen molar-refractivity contribution >= 4 is 22.1 Å². The molecule has 4 nitrogen and oxygen atoms in total. The molecule has 0 aliphatic carbocycles. The zero-order chi connectivity index (χ0) is 27.9. The molecule has 0 aliphatic rings. The van der Waals surface area contributed by atoms with Gasteiger partial charge in [-0.1, -0.05) is 98.3 Å². The van der Waals surface area contributed by atoms with Crippen molar-refractivity contribution in [1.29, 1.82) is 0 Å². The molecule has 0 aliphatic heterocycles. The SMILES string of the molecule is CC.Cc1cccc(-c2nc3ccccc3n2-c2ccccc2)c1.Cc1nc2ccccc2n1-c1ccccc1. The summed E-state index contributed by atoms with van der Waals surface area (Å²) in [6, 6.07) is 45.7. The lowest BCUT2D eigenvalue weighted by Crippen LogP contribution is -1.97. The van der Waals surface area contributed by atoms with Crippen molar-refractivity contribution in [2.45, 2.75) is 27.7 Å². The summed E-state index contributed by atoms with van der Waals surface area (Å²) in [6.07, 6.45) is 0. The molecular formula is C36H34N4. The average Bonchev–Trinajstić information content (AvgIpc) is 3.57. The van der Waals surface area contributed by atoms with Crippen molar-refractivity contribution in [3.63, 3.8) is 0 Å². The lowest BCUT2D eigenvalue weighted by molar-refractivity contribution is 1.00. The van der Waals surface area contributed by atoms with Crippen molar-refractivity contribution in [3.8, 4) is 22.8 Å².